The summed E-state index contributed by atoms with van der Waals surface area (Å²) in [6.07, 6.45) is 4.74. The van der Waals surface area contributed by atoms with Gasteiger partial charge in [0.1, 0.15) is 0 Å². The van der Waals surface area contributed by atoms with Crippen LogP contribution in [0.25, 0.3) is 0 Å². The van der Waals surface area contributed by atoms with Crippen molar-refractivity contribution in [1.82, 2.24) is 9.80 Å². The molecule has 0 saturated heterocycles. The number of carbonyl (C=O) groups is 1. The van der Waals surface area contributed by atoms with E-state index in [4.69, 9.17) is 5.73 Å². The highest BCUT2D eigenvalue weighted by Crippen LogP contribution is 2.27. The van der Waals surface area contributed by atoms with Gasteiger partial charge in [-0.2, -0.15) is 0 Å². The molecule has 0 aromatic heterocycles. The molecule has 0 bridgehead atoms. The maximum Gasteiger partial charge on any atom is 0.239 e. The predicted octanol–water partition coefficient (Wildman–Crippen LogP) is 1.44. The molecule has 1 aliphatic rings. The fourth-order valence-electron chi connectivity index (χ4n) is 3.05. The summed E-state index contributed by atoms with van der Waals surface area (Å²) in [7, 11) is 4.22. The van der Waals surface area contributed by atoms with E-state index in [1.165, 1.54) is 19.3 Å². The van der Waals surface area contributed by atoms with Crippen LogP contribution >= 0.6 is 0 Å². The number of hydrogen-bond donors (Lipinski definition) is 1. The quantitative estimate of drug-likeness (QED) is 0.827. The summed E-state index contributed by atoms with van der Waals surface area (Å²) in [5.41, 5.74) is 5.80. The van der Waals surface area contributed by atoms with Crippen molar-refractivity contribution in [3.05, 3.63) is 0 Å². The van der Waals surface area contributed by atoms with Crippen LogP contribution in [0, 0.1) is 0 Å². The second kappa shape index (κ2) is 6.53. The first-order chi connectivity index (χ1) is 8.36. The van der Waals surface area contributed by atoms with Gasteiger partial charge in [-0.3, -0.25) is 4.79 Å². The van der Waals surface area contributed by atoms with Crippen LogP contribution in [0.4, 0.5) is 0 Å². The average molecular weight is 255 g/mol. The summed E-state index contributed by atoms with van der Waals surface area (Å²) in [6, 6.07) is 0.585. The largest absolute Gasteiger partial charge is 0.334 e. The van der Waals surface area contributed by atoms with Gasteiger partial charge in [-0.25, -0.2) is 0 Å². The Bertz CT molecular complexity index is 276. The molecule has 4 nitrogen and oxygen atoms in total. The van der Waals surface area contributed by atoms with Crippen molar-refractivity contribution in [3.63, 3.8) is 0 Å². The second-order valence-electron chi connectivity index (χ2n) is 6.01. The Balaban J connectivity index is 2.92. The SMILES string of the molecule is CC(N)C(=O)N(C(C)C)C1CCCCC1N(C)C. The molecule has 0 aliphatic heterocycles. The minimum Gasteiger partial charge on any atom is -0.334 e. The third-order valence-electron chi connectivity index (χ3n) is 3.91. The first-order valence-corrected chi connectivity index (χ1v) is 7.10. The average Bonchev–Trinajstić information content (AvgIpc) is 2.28. The Hall–Kier alpha value is -0.610. The van der Waals surface area contributed by atoms with Crippen molar-refractivity contribution in [2.45, 2.75) is 70.6 Å². The van der Waals surface area contributed by atoms with E-state index in [9.17, 15) is 4.79 Å². The summed E-state index contributed by atoms with van der Waals surface area (Å²) in [4.78, 5) is 16.6. The lowest BCUT2D eigenvalue weighted by molar-refractivity contribution is -0.139. The molecule has 1 saturated carbocycles. The number of rotatable bonds is 4. The van der Waals surface area contributed by atoms with E-state index in [2.05, 4.69) is 32.8 Å². The fourth-order valence-corrected chi connectivity index (χ4v) is 3.05. The second-order valence-corrected chi connectivity index (χ2v) is 6.01. The van der Waals surface area contributed by atoms with Crippen LogP contribution in [0.3, 0.4) is 0 Å². The summed E-state index contributed by atoms with van der Waals surface area (Å²) < 4.78 is 0. The summed E-state index contributed by atoms with van der Waals surface area (Å²) >= 11 is 0. The Morgan fingerprint density at radius 1 is 1.11 bits per heavy atom. The smallest absolute Gasteiger partial charge is 0.239 e. The predicted molar refractivity (Wildman–Crippen MR) is 75.4 cm³/mol. The summed E-state index contributed by atoms with van der Waals surface area (Å²) in [5, 5.41) is 0. The molecule has 0 radical (unpaired) electrons. The van der Waals surface area contributed by atoms with Crippen LogP contribution in [0.2, 0.25) is 0 Å². The molecule has 18 heavy (non-hydrogen) atoms. The molecular weight excluding hydrogens is 226 g/mol. The van der Waals surface area contributed by atoms with Gasteiger partial charge < -0.3 is 15.5 Å². The lowest BCUT2D eigenvalue weighted by Gasteiger charge is -2.45. The van der Waals surface area contributed by atoms with Gasteiger partial charge in [-0.05, 0) is 47.7 Å². The number of nitrogens with two attached hydrogens (primary N) is 1. The first kappa shape index (κ1) is 15.4. The Morgan fingerprint density at radius 3 is 2.00 bits per heavy atom. The standard InChI is InChI=1S/C14H29N3O/c1-10(2)17(14(18)11(3)15)13-9-7-6-8-12(13)16(4)5/h10-13H,6-9,15H2,1-5H3. The minimum absolute atomic E-state index is 0.0868. The van der Waals surface area contributed by atoms with Crippen LogP contribution < -0.4 is 5.73 Å². The molecular formula is C14H29N3O. The molecule has 3 atom stereocenters. The van der Waals surface area contributed by atoms with Crippen molar-refractivity contribution < 1.29 is 4.79 Å². The monoisotopic (exact) mass is 255 g/mol. The van der Waals surface area contributed by atoms with Crippen LogP contribution in [0.5, 0.6) is 0 Å². The first-order valence-electron chi connectivity index (χ1n) is 7.10. The number of carbonyl (C=O) groups excluding carboxylic acids is 1. The van der Waals surface area contributed by atoms with E-state index < -0.39 is 6.04 Å². The van der Waals surface area contributed by atoms with Gasteiger partial charge in [0.05, 0.1) is 6.04 Å². The Morgan fingerprint density at radius 2 is 1.61 bits per heavy atom. The summed E-state index contributed by atoms with van der Waals surface area (Å²) in [5.74, 6) is 0.0868. The van der Waals surface area contributed by atoms with Crippen molar-refractivity contribution in [3.8, 4) is 0 Å². The molecule has 2 N–H and O–H groups in total. The summed E-state index contributed by atoms with van der Waals surface area (Å²) in [6.45, 7) is 5.95. The number of nitrogens with zero attached hydrogens (tertiary/aromatic N) is 2. The van der Waals surface area contributed by atoms with E-state index in [0.717, 1.165) is 6.42 Å². The molecule has 1 rings (SSSR count). The molecule has 106 valence electrons. The maximum absolute atomic E-state index is 12.3. The highest BCUT2D eigenvalue weighted by Gasteiger charge is 2.36. The zero-order chi connectivity index (χ0) is 13.9. The lowest BCUT2D eigenvalue weighted by Crippen LogP contribution is -2.58. The topological polar surface area (TPSA) is 49.6 Å². The van der Waals surface area contributed by atoms with E-state index in [1.807, 2.05) is 4.90 Å². The number of amides is 1. The van der Waals surface area contributed by atoms with Crippen LogP contribution in [0.15, 0.2) is 0 Å². The Kier molecular flexibility index (Phi) is 5.60. The van der Waals surface area contributed by atoms with E-state index >= 15 is 0 Å². The van der Waals surface area contributed by atoms with E-state index in [1.54, 1.807) is 6.92 Å². The van der Waals surface area contributed by atoms with Crippen molar-refractivity contribution >= 4 is 5.91 Å². The van der Waals surface area contributed by atoms with Gasteiger partial charge >= 0.3 is 0 Å². The van der Waals surface area contributed by atoms with Gasteiger partial charge in [-0.15, -0.1) is 0 Å². The third kappa shape index (κ3) is 3.45. The van der Waals surface area contributed by atoms with E-state index in [0.29, 0.717) is 12.1 Å². The lowest BCUT2D eigenvalue weighted by atomic mass is 9.87. The molecule has 0 aromatic rings. The fraction of sp³-hybridized carbons (Fsp3) is 0.929. The van der Waals surface area contributed by atoms with Crippen LogP contribution in [0.1, 0.15) is 46.5 Å². The zero-order valence-corrected chi connectivity index (χ0v) is 12.5. The van der Waals surface area contributed by atoms with Gasteiger partial charge in [0.15, 0.2) is 0 Å². The van der Waals surface area contributed by atoms with Crippen molar-refractivity contribution in [2.75, 3.05) is 14.1 Å². The van der Waals surface area contributed by atoms with Crippen molar-refractivity contribution in [1.29, 1.82) is 0 Å². The molecule has 1 fully saturated rings. The molecule has 1 amide bonds. The third-order valence-corrected chi connectivity index (χ3v) is 3.91. The molecule has 3 unspecified atom stereocenters. The molecule has 4 heteroatoms. The molecule has 0 spiro atoms. The zero-order valence-electron chi connectivity index (χ0n) is 12.5. The van der Waals surface area contributed by atoms with Crippen LogP contribution in [-0.2, 0) is 4.79 Å². The van der Waals surface area contributed by atoms with E-state index in [-0.39, 0.29) is 11.9 Å². The maximum atomic E-state index is 12.3. The number of likely N-dealkylation sites (N-methyl/N-ethyl adjacent to an activating group) is 1. The normalized spacial score (nSPS) is 26.4. The highest BCUT2D eigenvalue weighted by atomic mass is 16.2. The van der Waals surface area contributed by atoms with Gasteiger partial charge in [0, 0.05) is 18.1 Å². The highest BCUT2D eigenvalue weighted by molar-refractivity contribution is 5.81. The van der Waals surface area contributed by atoms with Gasteiger partial charge in [-0.1, -0.05) is 12.8 Å². The Labute approximate surface area is 111 Å². The number of hydrogen-bond acceptors (Lipinski definition) is 3. The van der Waals surface area contributed by atoms with Crippen LogP contribution in [-0.4, -0.2) is 54.0 Å². The molecule has 1 aliphatic carbocycles. The van der Waals surface area contributed by atoms with Crippen molar-refractivity contribution in [2.24, 2.45) is 5.73 Å². The molecule has 0 aromatic carbocycles. The van der Waals surface area contributed by atoms with Gasteiger partial charge in [0.2, 0.25) is 5.91 Å². The molecule has 0 heterocycles. The van der Waals surface area contributed by atoms with Gasteiger partial charge in [0.25, 0.3) is 0 Å². The minimum atomic E-state index is -0.405.